The van der Waals surface area contributed by atoms with Crippen LogP contribution in [0.4, 0.5) is 0 Å². The van der Waals surface area contributed by atoms with E-state index in [-0.39, 0.29) is 25.0 Å². The van der Waals surface area contributed by atoms with Crippen molar-refractivity contribution >= 4 is 11.6 Å². The van der Waals surface area contributed by atoms with Crippen LogP contribution >= 0.6 is 11.6 Å². The summed E-state index contributed by atoms with van der Waals surface area (Å²) in [7, 11) is 0. The standard InChI is InChI=1S/C18H20ClNO4/c19-15-3-1-2-12(7-15)13-6-14-9-20(16(10-21)11-22)4-5-24-18(14)17(23)8-13/h1-3,6-8,16,21-23H,4-5,9-11H2. The van der Waals surface area contributed by atoms with Crippen molar-refractivity contribution in [2.45, 2.75) is 12.6 Å². The molecular weight excluding hydrogens is 330 g/mol. The molecule has 0 bridgehead atoms. The summed E-state index contributed by atoms with van der Waals surface area (Å²) in [5.74, 6) is 0.534. The van der Waals surface area contributed by atoms with Crippen molar-refractivity contribution in [1.29, 1.82) is 0 Å². The Morgan fingerprint density at radius 1 is 1.12 bits per heavy atom. The quantitative estimate of drug-likeness (QED) is 0.789. The first-order valence-corrected chi connectivity index (χ1v) is 8.20. The Morgan fingerprint density at radius 2 is 1.92 bits per heavy atom. The third-order valence-electron chi connectivity index (χ3n) is 4.24. The highest BCUT2D eigenvalue weighted by molar-refractivity contribution is 6.30. The molecule has 2 aromatic carbocycles. The van der Waals surface area contributed by atoms with Crippen LogP contribution in [0.5, 0.6) is 11.5 Å². The Kier molecular flexibility index (Phi) is 5.26. The van der Waals surface area contributed by atoms with Gasteiger partial charge in [-0.1, -0.05) is 23.7 Å². The molecule has 24 heavy (non-hydrogen) atoms. The van der Waals surface area contributed by atoms with Gasteiger partial charge >= 0.3 is 0 Å². The van der Waals surface area contributed by atoms with Crippen LogP contribution in [0.3, 0.4) is 0 Å². The van der Waals surface area contributed by atoms with Gasteiger partial charge in [0.2, 0.25) is 0 Å². The summed E-state index contributed by atoms with van der Waals surface area (Å²) in [6.07, 6.45) is 0. The lowest BCUT2D eigenvalue weighted by molar-refractivity contribution is 0.0650. The predicted octanol–water partition coefficient (Wildman–Crippen LogP) is 2.26. The molecule has 0 fully saturated rings. The van der Waals surface area contributed by atoms with Crippen LogP contribution in [0, 0.1) is 0 Å². The highest BCUT2D eigenvalue weighted by atomic mass is 35.5. The fraction of sp³-hybridized carbons (Fsp3) is 0.333. The summed E-state index contributed by atoms with van der Waals surface area (Å²) in [5, 5.41) is 29.8. The summed E-state index contributed by atoms with van der Waals surface area (Å²) >= 11 is 6.06. The number of benzene rings is 2. The van der Waals surface area contributed by atoms with E-state index >= 15 is 0 Å². The van der Waals surface area contributed by atoms with E-state index in [0.29, 0.717) is 30.5 Å². The molecule has 0 radical (unpaired) electrons. The van der Waals surface area contributed by atoms with Crippen molar-refractivity contribution < 1.29 is 20.1 Å². The van der Waals surface area contributed by atoms with Crippen LogP contribution < -0.4 is 4.74 Å². The SMILES string of the molecule is OCC(CO)N1CCOc2c(O)cc(-c3cccc(Cl)c3)cc2C1. The number of aliphatic hydroxyl groups is 2. The van der Waals surface area contributed by atoms with E-state index < -0.39 is 0 Å². The van der Waals surface area contributed by atoms with Crippen molar-refractivity contribution in [2.24, 2.45) is 0 Å². The van der Waals surface area contributed by atoms with E-state index in [1.807, 2.05) is 29.2 Å². The van der Waals surface area contributed by atoms with E-state index in [9.17, 15) is 15.3 Å². The van der Waals surface area contributed by atoms with Gasteiger partial charge in [-0.3, -0.25) is 4.90 Å². The van der Waals surface area contributed by atoms with E-state index in [2.05, 4.69) is 0 Å². The molecule has 3 N–H and O–H groups in total. The summed E-state index contributed by atoms with van der Waals surface area (Å²) in [5.41, 5.74) is 2.55. The molecule has 0 amide bonds. The van der Waals surface area contributed by atoms with Gasteiger partial charge < -0.3 is 20.1 Å². The number of fused-ring (bicyclic) bond motifs is 1. The molecule has 1 heterocycles. The van der Waals surface area contributed by atoms with Crippen LogP contribution in [0.1, 0.15) is 5.56 Å². The molecule has 2 aromatic rings. The number of phenolic OH excluding ortho intramolecular Hbond substituents is 1. The Morgan fingerprint density at radius 3 is 2.62 bits per heavy atom. The first-order chi connectivity index (χ1) is 11.6. The second-order valence-electron chi connectivity index (χ2n) is 5.83. The molecule has 6 heteroatoms. The number of rotatable bonds is 4. The van der Waals surface area contributed by atoms with Crippen molar-refractivity contribution in [3.05, 3.63) is 47.0 Å². The molecular formula is C18H20ClNO4. The number of aliphatic hydroxyl groups excluding tert-OH is 2. The van der Waals surface area contributed by atoms with Gasteiger partial charge in [0.15, 0.2) is 11.5 Å². The molecule has 0 atom stereocenters. The third-order valence-corrected chi connectivity index (χ3v) is 4.48. The van der Waals surface area contributed by atoms with Crippen molar-refractivity contribution in [3.8, 4) is 22.6 Å². The molecule has 3 rings (SSSR count). The van der Waals surface area contributed by atoms with Gasteiger partial charge in [-0.15, -0.1) is 0 Å². The number of ether oxygens (including phenoxy) is 1. The minimum Gasteiger partial charge on any atom is -0.504 e. The average Bonchev–Trinajstić information content (AvgIpc) is 2.79. The molecule has 0 saturated heterocycles. The van der Waals surface area contributed by atoms with Gasteiger partial charge in [0, 0.05) is 23.7 Å². The summed E-state index contributed by atoms with van der Waals surface area (Å²) in [4.78, 5) is 1.95. The minimum absolute atomic E-state index is 0.0777. The first kappa shape index (κ1) is 17.0. The van der Waals surface area contributed by atoms with E-state index in [1.165, 1.54) is 0 Å². The maximum absolute atomic E-state index is 10.4. The number of halogens is 1. The van der Waals surface area contributed by atoms with Crippen LogP contribution in [-0.4, -0.2) is 52.6 Å². The molecule has 1 aliphatic heterocycles. The van der Waals surface area contributed by atoms with Crippen LogP contribution in [0.2, 0.25) is 5.02 Å². The molecule has 128 valence electrons. The number of aromatic hydroxyl groups is 1. The molecule has 1 aliphatic rings. The molecule has 0 unspecified atom stereocenters. The Bertz CT molecular complexity index is 718. The minimum atomic E-state index is -0.350. The topological polar surface area (TPSA) is 73.2 Å². The second kappa shape index (κ2) is 7.40. The fourth-order valence-electron chi connectivity index (χ4n) is 2.95. The lowest BCUT2D eigenvalue weighted by Crippen LogP contribution is -2.41. The lowest BCUT2D eigenvalue weighted by Gasteiger charge is -2.27. The molecule has 0 aromatic heterocycles. The Balaban J connectivity index is 1.99. The first-order valence-electron chi connectivity index (χ1n) is 7.82. The van der Waals surface area contributed by atoms with Gasteiger partial charge in [-0.2, -0.15) is 0 Å². The second-order valence-corrected chi connectivity index (χ2v) is 6.27. The average molecular weight is 350 g/mol. The van der Waals surface area contributed by atoms with Crippen molar-refractivity contribution in [2.75, 3.05) is 26.4 Å². The Labute approximate surface area is 145 Å². The predicted molar refractivity (Wildman–Crippen MR) is 92.4 cm³/mol. The van der Waals surface area contributed by atoms with Gasteiger partial charge in [0.05, 0.1) is 19.3 Å². The summed E-state index contributed by atoms with van der Waals surface area (Å²) in [6.45, 7) is 1.15. The molecule has 0 saturated carbocycles. The van der Waals surface area contributed by atoms with Crippen LogP contribution in [-0.2, 0) is 6.54 Å². The largest absolute Gasteiger partial charge is 0.504 e. The van der Waals surface area contributed by atoms with Gasteiger partial charge in [-0.05, 0) is 35.4 Å². The van der Waals surface area contributed by atoms with Crippen LogP contribution in [0.25, 0.3) is 11.1 Å². The lowest BCUT2D eigenvalue weighted by atomic mass is 10.0. The smallest absolute Gasteiger partial charge is 0.165 e. The van der Waals surface area contributed by atoms with E-state index in [0.717, 1.165) is 16.7 Å². The number of nitrogens with zero attached hydrogens (tertiary/aromatic N) is 1. The zero-order chi connectivity index (χ0) is 17.1. The van der Waals surface area contributed by atoms with Gasteiger partial charge in [0.1, 0.15) is 6.61 Å². The molecule has 0 aliphatic carbocycles. The highest BCUT2D eigenvalue weighted by Crippen LogP contribution is 2.38. The number of hydrogen-bond donors (Lipinski definition) is 3. The van der Waals surface area contributed by atoms with Gasteiger partial charge in [-0.25, -0.2) is 0 Å². The number of hydrogen-bond acceptors (Lipinski definition) is 5. The molecule has 0 spiro atoms. The maximum atomic E-state index is 10.4. The zero-order valence-corrected chi connectivity index (χ0v) is 13.9. The highest BCUT2D eigenvalue weighted by Gasteiger charge is 2.24. The summed E-state index contributed by atoms with van der Waals surface area (Å²) < 4.78 is 5.68. The van der Waals surface area contributed by atoms with E-state index in [1.54, 1.807) is 12.1 Å². The zero-order valence-electron chi connectivity index (χ0n) is 13.2. The van der Waals surface area contributed by atoms with Crippen molar-refractivity contribution in [1.82, 2.24) is 4.90 Å². The van der Waals surface area contributed by atoms with Gasteiger partial charge in [0.25, 0.3) is 0 Å². The third kappa shape index (κ3) is 3.49. The maximum Gasteiger partial charge on any atom is 0.165 e. The molecule has 5 nitrogen and oxygen atoms in total. The summed E-state index contributed by atoms with van der Waals surface area (Å²) in [6, 6.07) is 10.7. The van der Waals surface area contributed by atoms with Crippen LogP contribution in [0.15, 0.2) is 36.4 Å². The van der Waals surface area contributed by atoms with E-state index in [4.69, 9.17) is 16.3 Å². The monoisotopic (exact) mass is 349 g/mol. The number of phenols is 1. The Hall–Kier alpha value is -1.79. The van der Waals surface area contributed by atoms with Crippen molar-refractivity contribution in [3.63, 3.8) is 0 Å². The fourth-order valence-corrected chi connectivity index (χ4v) is 3.14. The normalized spacial score (nSPS) is 15.0.